The molecule has 0 fully saturated rings. The molecule has 2 amide bonds. The Bertz CT molecular complexity index is 1110. The summed E-state index contributed by atoms with van der Waals surface area (Å²) in [5.41, 5.74) is 0.858. The van der Waals surface area contributed by atoms with Crippen LogP contribution in [-0.2, 0) is 4.79 Å². The predicted molar refractivity (Wildman–Crippen MR) is 112 cm³/mol. The van der Waals surface area contributed by atoms with E-state index in [1.807, 2.05) is 41.7 Å². The summed E-state index contributed by atoms with van der Waals surface area (Å²) in [7, 11) is 1.59. The van der Waals surface area contributed by atoms with Gasteiger partial charge in [-0.3, -0.25) is 9.59 Å². The van der Waals surface area contributed by atoms with Gasteiger partial charge >= 0.3 is 6.18 Å². The lowest BCUT2D eigenvalue weighted by Gasteiger charge is -2.16. The molecule has 1 atom stereocenters. The van der Waals surface area contributed by atoms with Gasteiger partial charge in [0, 0.05) is 0 Å². The maximum atomic E-state index is 12.8. The topological polar surface area (TPSA) is 67.4 Å². The number of carbonyl (C=O) groups is 2. The lowest BCUT2D eigenvalue weighted by Crippen LogP contribution is -2.34. The number of ether oxygens (including phenoxy) is 1. The number of hydrogen-bond acceptors (Lipinski definition) is 3. The zero-order valence-corrected chi connectivity index (χ0v) is 16.9. The Balaban J connectivity index is 1.77. The van der Waals surface area contributed by atoms with Crippen molar-refractivity contribution < 1.29 is 27.5 Å². The van der Waals surface area contributed by atoms with Gasteiger partial charge in [-0.15, -0.1) is 0 Å². The van der Waals surface area contributed by atoms with Gasteiger partial charge in [0.2, 0.25) is 5.91 Å². The lowest BCUT2D eigenvalue weighted by atomic mass is 9.96. The van der Waals surface area contributed by atoms with E-state index in [2.05, 4.69) is 5.32 Å². The first-order chi connectivity index (χ1) is 14.7. The molecule has 3 rings (SSSR count). The quantitative estimate of drug-likeness (QED) is 0.586. The van der Waals surface area contributed by atoms with Crippen LogP contribution in [0.2, 0.25) is 0 Å². The van der Waals surface area contributed by atoms with Crippen molar-refractivity contribution in [2.45, 2.75) is 19.0 Å². The van der Waals surface area contributed by atoms with Crippen molar-refractivity contribution in [2.75, 3.05) is 19.0 Å². The fourth-order valence-electron chi connectivity index (χ4n) is 3.10. The standard InChI is InChI=1S/C23H21F3N2O3/c1-14(15-7-8-17-12-18(31-2)10-9-16(17)11-15)21(29)28-20-6-4-3-5-19(20)22(30)27-13-23(24,25)26/h3-12,14H,13H2,1-2H3,(H,27,30)(H,28,29)/t14-/m0/s1. The highest BCUT2D eigenvalue weighted by Crippen LogP contribution is 2.26. The minimum atomic E-state index is -4.53. The van der Waals surface area contributed by atoms with Crippen LogP contribution in [0.25, 0.3) is 10.8 Å². The Morgan fingerprint density at radius 2 is 1.68 bits per heavy atom. The number of methoxy groups -OCH3 is 1. The monoisotopic (exact) mass is 430 g/mol. The molecule has 2 N–H and O–H groups in total. The van der Waals surface area contributed by atoms with E-state index in [1.165, 1.54) is 18.2 Å². The molecule has 0 saturated heterocycles. The van der Waals surface area contributed by atoms with E-state index in [9.17, 15) is 22.8 Å². The average Bonchev–Trinajstić information content (AvgIpc) is 2.76. The molecule has 8 heteroatoms. The fraction of sp³-hybridized carbons (Fsp3) is 0.217. The molecule has 31 heavy (non-hydrogen) atoms. The Kier molecular flexibility index (Phi) is 6.48. The molecule has 0 aliphatic rings. The van der Waals surface area contributed by atoms with Crippen molar-refractivity contribution >= 4 is 28.3 Å². The molecule has 0 saturated carbocycles. The van der Waals surface area contributed by atoms with Gasteiger partial charge in [0.25, 0.3) is 5.91 Å². The van der Waals surface area contributed by atoms with Gasteiger partial charge in [-0.05, 0) is 47.5 Å². The minimum absolute atomic E-state index is 0.0436. The van der Waals surface area contributed by atoms with E-state index in [4.69, 9.17) is 4.74 Å². The minimum Gasteiger partial charge on any atom is -0.497 e. The van der Waals surface area contributed by atoms with Gasteiger partial charge in [0.05, 0.1) is 24.3 Å². The molecular weight excluding hydrogens is 409 g/mol. The van der Waals surface area contributed by atoms with E-state index >= 15 is 0 Å². The second-order valence-corrected chi connectivity index (χ2v) is 7.03. The summed E-state index contributed by atoms with van der Waals surface area (Å²) >= 11 is 0. The number of carbonyl (C=O) groups excluding carboxylic acids is 2. The number of hydrogen-bond donors (Lipinski definition) is 2. The third-order valence-electron chi connectivity index (χ3n) is 4.84. The normalized spacial score (nSPS) is 12.3. The average molecular weight is 430 g/mol. The van der Waals surface area contributed by atoms with Gasteiger partial charge < -0.3 is 15.4 Å². The Labute approximate surface area is 177 Å². The molecule has 0 aliphatic carbocycles. The maximum Gasteiger partial charge on any atom is 0.405 e. The Morgan fingerprint density at radius 3 is 2.39 bits per heavy atom. The molecule has 0 aliphatic heterocycles. The summed E-state index contributed by atoms with van der Waals surface area (Å²) in [6.45, 7) is 0.263. The first-order valence-electron chi connectivity index (χ1n) is 9.50. The highest BCUT2D eigenvalue weighted by Gasteiger charge is 2.28. The van der Waals surface area contributed by atoms with Crippen LogP contribution in [0.1, 0.15) is 28.8 Å². The Morgan fingerprint density at radius 1 is 1.00 bits per heavy atom. The number of benzene rings is 3. The molecule has 3 aromatic carbocycles. The van der Waals surface area contributed by atoms with Gasteiger partial charge in [0.1, 0.15) is 12.3 Å². The number of anilines is 1. The van der Waals surface area contributed by atoms with E-state index < -0.39 is 24.5 Å². The molecule has 3 aromatic rings. The van der Waals surface area contributed by atoms with Crippen LogP contribution < -0.4 is 15.4 Å². The Hall–Kier alpha value is -3.55. The largest absolute Gasteiger partial charge is 0.497 e. The molecule has 0 radical (unpaired) electrons. The summed E-state index contributed by atoms with van der Waals surface area (Å²) < 4.78 is 42.4. The summed E-state index contributed by atoms with van der Waals surface area (Å²) in [5.74, 6) is -1.13. The van der Waals surface area contributed by atoms with Crippen molar-refractivity contribution in [1.82, 2.24) is 5.32 Å². The van der Waals surface area contributed by atoms with Crippen LogP contribution in [0.15, 0.2) is 60.7 Å². The number of para-hydroxylation sites is 1. The molecule has 0 bridgehead atoms. The zero-order valence-electron chi connectivity index (χ0n) is 16.9. The summed E-state index contributed by atoms with van der Waals surface area (Å²) in [5, 5.41) is 6.37. The first kappa shape index (κ1) is 22.1. The van der Waals surface area contributed by atoms with Crippen molar-refractivity contribution in [2.24, 2.45) is 0 Å². The third kappa shape index (κ3) is 5.53. The molecule has 162 valence electrons. The highest BCUT2D eigenvalue weighted by atomic mass is 19.4. The van der Waals surface area contributed by atoms with Crippen LogP contribution >= 0.6 is 0 Å². The molecule has 0 aromatic heterocycles. The van der Waals surface area contributed by atoms with E-state index in [0.29, 0.717) is 0 Å². The number of halogens is 3. The number of alkyl halides is 3. The molecule has 0 spiro atoms. The third-order valence-corrected chi connectivity index (χ3v) is 4.84. The van der Waals surface area contributed by atoms with Crippen LogP contribution in [0, 0.1) is 0 Å². The SMILES string of the molecule is COc1ccc2cc([C@H](C)C(=O)Nc3ccccc3C(=O)NCC(F)(F)F)ccc2c1. The highest BCUT2D eigenvalue weighted by molar-refractivity contribution is 6.05. The second kappa shape index (κ2) is 9.07. The van der Waals surface area contributed by atoms with Crippen molar-refractivity contribution in [3.63, 3.8) is 0 Å². The fourth-order valence-corrected chi connectivity index (χ4v) is 3.10. The van der Waals surface area contributed by atoms with Crippen molar-refractivity contribution in [3.8, 4) is 5.75 Å². The van der Waals surface area contributed by atoms with Crippen molar-refractivity contribution in [3.05, 3.63) is 71.8 Å². The second-order valence-electron chi connectivity index (χ2n) is 7.03. The maximum absolute atomic E-state index is 12.8. The van der Waals surface area contributed by atoms with Gasteiger partial charge in [0.15, 0.2) is 0 Å². The van der Waals surface area contributed by atoms with Crippen LogP contribution in [0.3, 0.4) is 0 Å². The van der Waals surface area contributed by atoms with Gasteiger partial charge in [-0.1, -0.05) is 36.4 Å². The van der Waals surface area contributed by atoms with Crippen LogP contribution in [0.5, 0.6) is 5.75 Å². The van der Waals surface area contributed by atoms with Crippen molar-refractivity contribution in [1.29, 1.82) is 0 Å². The summed E-state index contributed by atoms with van der Waals surface area (Å²) in [6.07, 6.45) is -4.53. The number of amides is 2. The lowest BCUT2D eigenvalue weighted by molar-refractivity contribution is -0.123. The number of rotatable bonds is 6. The van der Waals surface area contributed by atoms with Gasteiger partial charge in [-0.25, -0.2) is 0 Å². The molecule has 0 unspecified atom stereocenters. The zero-order chi connectivity index (χ0) is 22.6. The smallest absolute Gasteiger partial charge is 0.405 e. The van der Waals surface area contributed by atoms with Crippen LogP contribution in [0.4, 0.5) is 18.9 Å². The summed E-state index contributed by atoms with van der Waals surface area (Å²) in [4.78, 5) is 25.0. The molecular formula is C23H21F3N2O3. The van der Waals surface area contributed by atoms with E-state index in [1.54, 1.807) is 20.1 Å². The van der Waals surface area contributed by atoms with Crippen LogP contribution in [-0.4, -0.2) is 31.6 Å². The van der Waals surface area contributed by atoms with Gasteiger partial charge in [-0.2, -0.15) is 13.2 Å². The summed E-state index contributed by atoms with van der Waals surface area (Å²) in [6, 6.07) is 17.1. The van der Waals surface area contributed by atoms with E-state index in [0.717, 1.165) is 22.1 Å². The molecule has 0 heterocycles. The molecule has 5 nitrogen and oxygen atoms in total. The van der Waals surface area contributed by atoms with E-state index in [-0.39, 0.29) is 17.2 Å². The predicted octanol–water partition coefficient (Wildman–Crippen LogP) is 4.88. The first-order valence-corrected chi connectivity index (χ1v) is 9.50. The number of nitrogens with one attached hydrogen (secondary N) is 2. The number of fused-ring (bicyclic) bond motifs is 1.